The van der Waals surface area contributed by atoms with E-state index >= 15 is 0 Å². The monoisotopic (exact) mass is 1350 g/mol. The first-order valence-electron chi connectivity index (χ1n) is 35.0. The van der Waals surface area contributed by atoms with E-state index in [-0.39, 0.29) is 0 Å². The molecule has 0 atom stereocenters. The number of fused-ring (bicyclic) bond motifs is 6. The molecule has 105 heavy (non-hydrogen) atoms. The lowest BCUT2D eigenvalue weighted by Gasteiger charge is -2.17. The molecule has 20 rings (SSSR count). The number of aromatic nitrogens is 15. The maximum Gasteiger partial charge on any atom is 0.164 e. The van der Waals surface area contributed by atoms with E-state index in [1.165, 1.54) is 0 Å². The third kappa shape index (κ3) is 10.1. The average molecular weight is 1350 g/mol. The molecule has 15 nitrogen and oxygen atoms in total. The second-order valence-electron chi connectivity index (χ2n) is 26.5. The van der Waals surface area contributed by atoms with Gasteiger partial charge >= 0.3 is 0 Å². The summed E-state index contributed by atoms with van der Waals surface area (Å²) in [5, 5.41) is 0. The molecule has 0 fully saturated rings. The normalized spacial score (nSPS) is 11.8. The molecule has 0 unspecified atom stereocenters. The Hall–Kier alpha value is -14.3. The highest BCUT2D eigenvalue weighted by Crippen LogP contribution is 2.43. The lowest BCUT2D eigenvalue weighted by Crippen LogP contribution is -2.04. The molecule has 496 valence electrons. The van der Waals surface area contributed by atoms with Crippen LogP contribution in [0.3, 0.4) is 0 Å². The Kier molecular flexibility index (Phi) is 14.1. The van der Waals surface area contributed by atoms with Crippen molar-refractivity contribution < 1.29 is 0 Å². The molecule has 0 saturated heterocycles. The van der Waals surface area contributed by atoms with Crippen molar-refractivity contribution >= 4 is 66.6 Å². The fourth-order valence-electron chi connectivity index (χ4n) is 15.1. The van der Waals surface area contributed by atoms with Crippen LogP contribution in [-0.4, -0.2) is 72.3 Å². The van der Waals surface area contributed by atoms with E-state index in [0.29, 0.717) is 23.1 Å². The van der Waals surface area contributed by atoms with Gasteiger partial charge in [-0.05, 0) is 212 Å². The lowest BCUT2D eigenvalue weighted by molar-refractivity contribution is 1.06. The summed E-state index contributed by atoms with van der Waals surface area (Å²) >= 11 is 0. The van der Waals surface area contributed by atoms with Crippen molar-refractivity contribution in [2.45, 2.75) is 20.8 Å². The maximum atomic E-state index is 5.71. The predicted octanol–water partition coefficient (Wildman–Crippen LogP) is 20.5. The highest BCUT2D eigenvalue weighted by Gasteiger charge is 2.28. The number of rotatable bonds is 13. The molecule has 15 heteroatoms. The molecule has 0 amide bonds. The first kappa shape index (κ1) is 60.6. The quantitative estimate of drug-likeness (QED) is 0.110. The molecule has 0 bridgehead atoms. The zero-order valence-electron chi connectivity index (χ0n) is 57.2. The summed E-state index contributed by atoms with van der Waals surface area (Å²) in [5.74, 6) is 4.44. The number of imidazole rings is 6. The fraction of sp³-hybridized carbons (Fsp3) is 0.0333. The van der Waals surface area contributed by atoms with Crippen molar-refractivity contribution in [3.8, 4) is 114 Å². The first-order valence-corrected chi connectivity index (χ1v) is 35.0. The van der Waals surface area contributed by atoms with Crippen molar-refractivity contribution in [1.82, 2.24) is 72.3 Å². The highest BCUT2D eigenvalue weighted by atomic mass is 15.2. The number of hydrogen-bond donors (Lipinski definition) is 0. The Bertz CT molecular complexity index is 6570. The summed E-state index contributed by atoms with van der Waals surface area (Å²) in [6.45, 7) is 6.49. The fourth-order valence-corrected chi connectivity index (χ4v) is 15.1. The average Bonchev–Trinajstić information content (AvgIpc) is 1.43. The zero-order valence-corrected chi connectivity index (χ0v) is 57.2. The standard InChI is InChI=1S/C90H61N15/c1-56-24-10-15-38-76(56)103-79-41-18-13-33-70(79)94-85(103)64-51-65(86-95-71-34-14-19-42-80(71)104(86)77-39-16-11-25-57(77)2)53-66(52-64)87-96-72-44-43-60(55-81(72)105(87)78-40-17-12-26-58(78)3)59-27-20-32-69(54-59)102-84(99-75-37-23-47-93-90(75)102)63-49-61(82-97-73-35-21-45-91-88(73)100(82)67-28-6-4-7-29-67)48-62(50-63)83-98-74-36-22-46-92-89(74)101(83)68-30-8-5-9-31-68/h4-55H,1-3H3. The van der Waals surface area contributed by atoms with E-state index in [4.69, 9.17) is 44.9 Å². The van der Waals surface area contributed by atoms with E-state index in [0.717, 1.165) is 174 Å². The van der Waals surface area contributed by atoms with E-state index in [1.54, 1.807) is 0 Å². The molecule has 0 N–H and O–H groups in total. The van der Waals surface area contributed by atoms with Crippen molar-refractivity contribution in [2.24, 2.45) is 0 Å². The molecule has 0 aliphatic carbocycles. The SMILES string of the molecule is Cc1ccccc1-n1c(-c2cc(-c3nc4ccccc4n3-c3ccccc3C)cc(-c3nc4ccc(-c5cccc(-n6c(-c7cc(-c8nc9cccnc9n8-c8ccccc8)cc(-c8nc9cccnc9n8-c8ccccc8)c7)nc7cccnc76)c5)cc4n3-c3ccccc3C)c2)nc2ccccc21. The van der Waals surface area contributed by atoms with E-state index < -0.39 is 0 Å². The number of para-hydroxylation sites is 9. The summed E-state index contributed by atoms with van der Waals surface area (Å²) in [7, 11) is 0. The Morgan fingerprint density at radius 1 is 0.200 bits per heavy atom. The molecular formula is C90H61N15. The van der Waals surface area contributed by atoms with Gasteiger partial charge < -0.3 is 0 Å². The molecule has 0 spiro atoms. The minimum Gasteiger partial charge on any atom is -0.292 e. The topological polar surface area (TPSA) is 146 Å². The molecule has 9 aromatic heterocycles. The Labute approximate surface area is 602 Å². The van der Waals surface area contributed by atoms with Crippen LogP contribution in [0.5, 0.6) is 0 Å². The Balaban J connectivity index is 0.787. The van der Waals surface area contributed by atoms with Crippen molar-refractivity contribution in [1.29, 1.82) is 0 Å². The summed E-state index contributed by atoms with van der Waals surface area (Å²) < 4.78 is 13.4. The Morgan fingerprint density at radius 3 is 0.914 bits per heavy atom. The van der Waals surface area contributed by atoms with Gasteiger partial charge in [0.1, 0.15) is 51.5 Å². The molecule has 11 aromatic carbocycles. The van der Waals surface area contributed by atoms with Crippen LogP contribution in [0.1, 0.15) is 16.7 Å². The number of hydrogen-bond acceptors (Lipinski definition) is 9. The van der Waals surface area contributed by atoms with Crippen LogP contribution in [0.2, 0.25) is 0 Å². The molecule has 9 heterocycles. The van der Waals surface area contributed by atoms with Crippen molar-refractivity contribution in [3.05, 3.63) is 333 Å². The number of benzene rings is 11. The second-order valence-corrected chi connectivity index (χ2v) is 26.5. The van der Waals surface area contributed by atoms with E-state index in [9.17, 15) is 0 Å². The van der Waals surface area contributed by atoms with Gasteiger partial charge in [0.05, 0.1) is 50.2 Å². The smallest absolute Gasteiger partial charge is 0.164 e. The van der Waals surface area contributed by atoms with E-state index in [1.807, 2.05) is 91.4 Å². The molecular weight excluding hydrogens is 1290 g/mol. The van der Waals surface area contributed by atoms with Gasteiger partial charge in [-0.1, -0.05) is 133 Å². The summed E-state index contributed by atoms with van der Waals surface area (Å²) in [4.78, 5) is 48.0. The summed E-state index contributed by atoms with van der Waals surface area (Å²) in [6, 6.07) is 103. The molecule has 0 radical (unpaired) electrons. The minimum absolute atomic E-state index is 0.674. The van der Waals surface area contributed by atoms with Crippen molar-refractivity contribution in [2.75, 3.05) is 0 Å². The van der Waals surface area contributed by atoms with Crippen LogP contribution in [0, 0.1) is 20.8 Å². The van der Waals surface area contributed by atoms with E-state index in [2.05, 4.69) is 273 Å². The zero-order chi connectivity index (χ0) is 69.8. The predicted molar refractivity (Wildman–Crippen MR) is 420 cm³/mol. The number of aryl methyl sites for hydroxylation is 3. The van der Waals surface area contributed by atoms with Crippen LogP contribution in [0.25, 0.3) is 180 Å². The van der Waals surface area contributed by atoms with Gasteiger partial charge in [0.15, 0.2) is 16.9 Å². The van der Waals surface area contributed by atoms with Gasteiger partial charge in [0.2, 0.25) is 0 Å². The molecule has 0 aliphatic rings. The van der Waals surface area contributed by atoms with Gasteiger partial charge in [-0.2, -0.15) is 0 Å². The van der Waals surface area contributed by atoms with Crippen LogP contribution in [0.4, 0.5) is 0 Å². The second kappa shape index (κ2) is 24.5. The van der Waals surface area contributed by atoms with Gasteiger partial charge in [-0.15, -0.1) is 0 Å². The minimum atomic E-state index is 0.674. The molecule has 20 aromatic rings. The van der Waals surface area contributed by atoms with Gasteiger partial charge in [-0.25, -0.2) is 44.9 Å². The number of nitrogens with zero attached hydrogens (tertiary/aromatic N) is 15. The molecule has 0 saturated carbocycles. The van der Waals surface area contributed by atoms with Crippen LogP contribution in [0.15, 0.2) is 316 Å². The third-order valence-electron chi connectivity index (χ3n) is 20.0. The highest BCUT2D eigenvalue weighted by molar-refractivity contribution is 5.94. The van der Waals surface area contributed by atoms with Crippen molar-refractivity contribution in [3.63, 3.8) is 0 Å². The third-order valence-corrected chi connectivity index (χ3v) is 20.0. The van der Waals surface area contributed by atoms with Gasteiger partial charge in [0.25, 0.3) is 0 Å². The molecule has 0 aliphatic heterocycles. The largest absolute Gasteiger partial charge is 0.292 e. The van der Waals surface area contributed by atoms with Gasteiger partial charge in [0, 0.05) is 69.0 Å². The maximum absolute atomic E-state index is 5.71. The van der Waals surface area contributed by atoms with Crippen LogP contribution in [-0.2, 0) is 0 Å². The Morgan fingerprint density at radius 2 is 0.505 bits per heavy atom. The van der Waals surface area contributed by atoms with Crippen LogP contribution < -0.4 is 0 Å². The van der Waals surface area contributed by atoms with Gasteiger partial charge in [-0.3, -0.25) is 27.4 Å². The lowest BCUT2D eigenvalue weighted by atomic mass is 10.0. The first-order chi connectivity index (χ1) is 51.8. The summed E-state index contributed by atoms with van der Waals surface area (Å²) in [6.07, 6.45) is 5.46. The number of pyridine rings is 3. The summed E-state index contributed by atoms with van der Waals surface area (Å²) in [5.41, 5.74) is 26.3. The van der Waals surface area contributed by atoms with Crippen LogP contribution >= 0.6 is 0 Å².